The molecule has 1 fully saturated rings. The summed E-state index contributed by atoms with van der Waals surface area (Å²) < 4.78 is 1.06. The first-order valence-corrected chi connectivity index (χ1v) is 7.50. The molecule has 1 heterocycles. The van der Waals surface area contributed by atoms with Crippen LogP contribution in [0.15, 0.2) is 59.1 Å². The van der Waals surface area contributed by atoms with Crippen LogP contribution < -0.4 is 15.8 Å². The SMILES string of the molecule is C[C@@]1(c2ccc(Br)cc2)NC(=S)N(c2ccccc2)N1. The normalized spacial score (nSPS) is 21.9. The lowest BCUT2D eigenvalue weighted by Gasteiger charge is -2.26. The molecule has 0 amide bonds. The minimum atomic E-state index is -0.409. The molecule has 1 aliphatic rings. The van der Waals surface area contributed by atoms with Gasteiger partial charge in [0.05, 0.1) is 5.69 Å². The number of hydrogen-bond acceptors (Lipinski definition) is 2. The van der Waals surface area contributed by atoms with Crippen LogP contribution >= 0.6 is 28.1 Å². The quantitative estimate of drug-likeness (QED) is 0.812. The third kappa shape index (κ3) is 2.44. The summed E-state index contributed by atoms with van der Waals surface area (Å²) in [4.78, 5) is 0. The van der Waals surface area contributed by atoms with Crippen molar-refractivity contribution >= 4 is 38.9 Å². The summed E-state index contributed by atoms with van der Waals surface area (Å²) in [5.74, 6) is 0. The summed E-state index contributed by atoms with van der Waals surface area (Å²) in [6.45, 7) is 2.07. The largest absolute Gasteiger partial charge is 0.338 e. The number of benzene rings is 2. The molecule has 0 spiro atoms. The van der Waals surface area contributed by atoms with E-state index in [1.54, 1.807) is 0 Å². The number of nitrogens with one attached hydrogen (secondary N) is 2. The maximum atomic E-state index is 5.44. The number of anilines is 1. The second-order valence-electron chi connectivity index (χ2n) is 4.84. The van der Waals surface area contributed by atoms with Crippen molar-refractivity contribution in [1.82, 2.24) is 10.7 Å². The van der Waals surface area contributed by atoms with Gasteiger partial charge in [0.15, 0.2) is 5.11 Å². The van der Waals surface area contributed by atoms with Crippen molar-refractivity contribution in [3.8, 4) is 0 Å². The zero-order chi connectivity index (χ0) is 14.2. The van der Waals surface area contributed by atoms with Gasteiger partial charge in [0, 0.05) is 4.47 Å². The molecule has 20 heavy (non-hydrogen) atoms. The summed E-state index contributed by atoms with van der Waals surface area (Å²) in [6, 6.07) is 18.2. The molecular formula is C15H14BrN3S. The number of halogens is 1. The van der Waals surface area contributed by atoms with Crippen LogP contribution in [0.3, 0.4) is 0 Å². The zero-order valence-corrected chi connectivity index (χ0v) is 13.3. The van der Waals surface area contributed by atoms with Gasteiger partial charge >= 0.3 is 0 Å². The predicted molar refractivity (Wildman–Crippen MR) is 89.3 cm³/mol. The van der Waals surface area contributed by atoms with Crippen molar-refractivity contribution in [2.75, 3.05) is 5.01 Å². The van der Waals surface area contributed by atoms with Crippen LogP contribution in [0.2, 0.25) is 0 Å². The van der Waals surface area contributed by atoms with Crippen molar-refractivity contribution < 1.29 is 0 Å². The number of para-hydroxylation sites is 1. The number of hydrogen-bond donors (Lipinski definition) is 2. The second-order valence-corrected chi connectivity index (χ2v) is 6.15. The van der Waals surface area contributed by atoms with E-state index in [2.05, 4.69) is 45.7 Å². The van der Waals surface area contributed by atoms with Gasteiger partial charge in [-0.3, -0.25) is 0 Å². The third-order valence-electron chi connectivity index (χ3n) is 3.33. The smallest absolute Gasteiger partial charge is 0.190 e. The molecule has 0 bridgehead atoms. The molecule has 2 N–H and O–H groups in total. The average Bonchev–Trinajstić information content (AvgIpc) is 2.77. The highest BCUT2D eigenvalue weighted by Crippen LogP contribution is 2.27. The molecule has 2 aromatic rings. The van der Waals surface area contributed by atoms with Crippen molar-refractivity contribution in [2.24, 2.45) is 0 Å². The van der Waals surface area contributed by atoms with Gasteiger partial charge in [-0.15, -0.1) is 0 Å². The Morgan fingerprint density at radius 1 is 1.05 bits per heavy atom. The van der Waals surface area contributed by atoms with Crippen LogP contribution in [0.4, 0.5) is 5.69 Å². The van der Waals surface area contributed by atoms with E-state index in [1.807, 2.05) is 47.5 Å². The molecule has 1 atom stereocenters. The number of rotatable bonds is 2. The summed E-state index contributed by atoms with van der Waals surface area (Å²) in [5.41, 5.74) is 5.17. The summed E-state index contributed by atoms with van der Waals surface area (Å²) in [7, 11) is 0. The fourth-order valence-electron chi connectivity index (χ4n) is 2.25. The Morgan fingerprint density at radius 3 is 2.35 bits per heavy atom. The van der Waals surface area contributed by atoms with Gasteiger partial charge in [0.25, 0.3) is 0 Å². The maximum Gasteiger partial charge on any atom is 0.190 e. The fourth-order valence-corrected chi connectivity index (χ4v) is 2.87. The van der Waals surface area contributed by atoms with E-state index in [4.69, 9.17) is 12.2 Å². The van der Waals surface area contributed by atoms with Crippen LogP contribution in [0.5, 0.6) is 0 Å². The Balaban J connectivity index is 1.91. The lowest BCUT2D eigenvalue weighted by molar-refractivity contribution is 0.389. The molecule has 2 aromatic carbocycles. The summed E-state index contributed by atoms with van der Waals surface area (Å²) in [6.07, 6.45) is 0. The fraction of sp³-hybridized carbons (Fsp3) is 0.133. The molecular weight excluding hydrogens is 334 g/mol. The van der Waals surface area contributed by atoms with E-state index < -0.39 is 5.66 Å². The van der Waals surface area contributed by atoms with E-state index in [-0.39, 0.29) is 0 Å². The molecule has 0 saturated carbocycles. The minimum absolute atomic E-state index is 0.409. The molecule has 0 radical (unpaired) electrons. The predicted octanol–water partition coefficient (Wildman–Crippen LogP) is 3.52. The highest BCUT2D eigenvalue weighted by atomic mass is 79.9. The molecule has 3 rings (SSSR count). The first kappa shape index (κ1) is 13.5. The Hall–Kier alpha value is -1.43. The van der Waals surface area contributed by atoms with Gasteiger partial charge in [-0.05, 0) is 49.0 Å². The Kier molecular flexibility index (Phi) is 3.50. The van der Waals surface area contributed by atoms with Gasteiger partial charge < -0.3 is 5.32 Å². The zero-order valence-electron chi connectivity index (χ0n) is 10.9. The Labute approximate surface area is 132 Å². The first-order valence-electron chi connectivity index (χ1n) is 6.30. The van der Waals surface area contributed by atoms with Crippen LogP contribution in [0.25, 0.3) is 0 Å². The van der Waals surface area contributed by atoms with E-state index in [9.17, 15) is 0 Å². The standard InChI is InChI=1S/C15H14BrN3S/c1-15(11-7-9-12(16)10-8-11)17-14(20)19(18-15)13-5-3-2-4-6-13/h2-10,18H,1H3,(H,17,20)/t15-/m1/s1. The average molecular weight is 348 g/mol. The maximum absolute atomic E-state index is 5.44. The van der Waals surface area contributed by atoms with Crippen molar-refractivity contribution in [3.63, 3.8) is 0 Å². The Bertz CT molecular complexity index is 629. The molecule has 0 aromatic heterocycles. The second kappa shape index (κ2) is 5.16. The van der Waals surface area contributed by atoms with Crippen molar-refractivity contribution in [3.05, 3.63) is 64.6 Å². The number of thiocarbonyl (C=S) groups is 1. The van der Waals surface area contributed by atoms with E-state index in [1.165, 1.54) is 0 Å². The highest BCUT2D eigenvalue weighted by Gasteiger charge is 2.37. The van der Waals surface area contributed by atoms with E-state index in [0.29, 0.717) is 5.11 Å². The highest BCUT2D eigenvalue weighted by molar-refractivity contribution is 9.10. The van der Waals surface area contributed by atoms with Crippen molar-refractivity contribution in [2.45, 2.75) is 12.6 Å². The Morgan fingerprint density at radius 2 is 1.70 bits per heavy atom. The van der Waals surface area contributed by atoms with Gasteiger partial charge in [0.1, 0.15) is 5.66 Å². The minimum Gasteiger partial charge on any atom is -0.338 e. The third-order valence-corrected chi connectivity index (χ3v) is 4.14. The summed E-state index contributed by atoms with van der Waals surface area (Å²) in [5, 5.41) is 5.91. The molecule has 0 aliphatic carbocycles. The molecule has 1 saturated heterocycles. The van der Waals surface area contributed by atoms with Gasteiger partial charge in [-0.2, -0.15) is 5.43 Å². The van der Waals surface area contributed by atoms with E-state index >= 15 is 0 Å². The molecule has 3 nitrogen and oxygen atoms in total. The first-order chi connectivity index (χ1) is 9.58. The van der Waals surface area contributed by atoms with Gasteiger partial charge in [-0.25, -0.2) is 5.01 Å². The van der Waals surface area contributed by atoms with Crippen LogP contribution in [0.1, 0.15) is 12.5 Å². The van der Waals surface area contributed by atoms with Gasteiger partial charge in [0.2, 0.25) is 0 Å². The van der Waals surface area contributed by atoms with Gasteiger partial charge in [-0.1, -0.05) is 46.3 Å². The lowest BCUT2D eigenvalue weighted by atomic mass is 10.0. The number of hydrazine groups is 1. The van der Waals surface area contributed by atoms with Crippen LogP contribution in [-0.2, 0) is 5.66 Å². The summed E-state index contributed by atoms with van der Waals surface area (Å²) >= 11 is 8.90. The van der Waals surface area contributed by atoms with E-state index in [0.717, 1.165) is 15.7 Å². The monoisotopic (exact) mass is 347 g/mol. The topological polar surface area (TPSA) is 27.3 Å². The number of nitrogens with zero attached hydrogens (tertiary/aromatic N) is 1. The molecule has 102 valence electrons. The molecule has 5 heteroatoms. The lowest BCUT2D eigenvalue weighted by Crippen LogP contribution is -2.45. The molecule has 1 aliphatic heterocycles. The van der Waals surface area contributed by atoms with Crippen LogP contribution in [-0.4, -0.2) is 5.11 Å². The van der Waals surface area contributed by atoms with Crippen LogP contribution in [0, 0.1) is 0 Å². The molecule has 0 unspecified atom stereocenters. The van der Waals surface area contributed by atoms with Crippen molar-refractivity contribution in [1.29, 1.82) is 0 Å².